The van der Waals surface area contributed by atoms with Crippen molar-refractivity contribution < 1.29 is 13.9 Å². The lowest BCUT2D eigenvalue weighted by Gasteiger charge is -2.26. The quantitative estimate of drug-likeness (QED) is 0.370. The third kappa shape index (κ3) is 5.60. The largest absolute Gasteiger partial charge is 0.426 e. The molecule has 0 unspecified atom stereocenters. The fourth-order valence-corrected chi connectivity index (χ4v) is 3.74. The molecular weight excluding hydrogens is 369 g/mol. The Morgan fingerprint density at radius 1 is 1.24 bits per heavy atom. The molecule has 2 aromatic rings. The van der Waals surface area contributed by atoms with Crippen LogP contribution in [0.1, 0.15) is 74.9 Å². The summed E-state index contributed by atoms with van der Waals surface area (Å²) in [6.45, 7) is 2.19. The van der Waals surface area contributed by atoms with Gasteiger partial charge in [0.25, 0.3) is 0 Å². The van der Waals surface area contributed by atoms with Gasteiger partial charge in [-0.1, -0.05) is 19.8 Å². The van der Waals surface area contributed by atoms with Crippen molar-refractivity contribution in [3.63, 3.8) is 0 Å². The summed E-state index contributed by atoms with van der Waals surface area (Å²) < 4.78 is 19.0. The number of aryl methyl sites for hydroxylation is 1. The highest BCUT2D eigenvalue weighted by Gasteiger charge is 2.30. The van der Waals surface area contributed by atoms with Crippen LogP contribution >= 0.6 is 0 Å². The zero-order valence-corrected chi connectivity index (χ0v) is 16.7. The van der Waals surface area contributed by atoms with Crippen molar-refractivity contribution in [2.24, 2.45) is 5.92 Å². The first-order valence-electron chi connectivity index (χ1n) is 10.3. The molecule has 0 bridgehead atoms. The normalized spacial score (nSPS) is 18.8. The van der Waals surface area contributed by atoms with Gasteiger partial charge in [-0.2, -0.15) is 5.26 Å². The number of esters is 1. The van der Waals surface area contributed by atoms with E-state index in [-0.39, 0.29) is 29.1 Å². The minimum absolute atomic E-state index is 0.0674. The zero-order chi connectivity index (χ0) is 20.6. The molecule has 1 heterocycles. The molecule has 0 saturated heterocycles. The van der Waals surface area contributed by atoms with Gasteiger partial charge in [0.05, 0.1) is 11.5 Å². The molecule has 1 aliphatic rings. The van der Waals surface area contributed by atoms with Crippen molar-refractivity contribution in [1.82, 2.24) is 9.97 Å². The molecule has 0 radical (unpaired) electrons. The zero-order valence-electron chi connectivity index (χ0n) is 16.7. The van der Waals surface area contributed by atoms with Crippen LogP contribution in [0.15, 0.2) is 30.5 Å². The first-order chi connectivity index (χ1) is 14.1. The van der Waals surface area contributed by atoms with Crippen LogP contribution in [0, 0.1) is 23.1 Å². The maximum absolute atomic E-state index is 13.7. The van der Waals surface area contributed by atoms with Crippen molar-refractivity contribution in [2.45, 2.75) is 64.2 Å². The van der Waals surface area contributed by atoms with Crippen LogP contribution in [0.4, 0.5) is 4.39 Å². The summed E-state index contributed by atoms with van der Waals surface area (Å²) in [5, 5.41) is 8.78. The number of nitriles is 1. The van der Waals surface area contributed by atoms with E-state index in [9.17, 15) is 9.18 Å². The van der Waals surface area contributed by atoms with Crippen LogP contribution in [-0.4, -0.2) is 15.9 Å². The van der Waals surface area contributed by atoms with Gasteiger partial charge in [-0.25, -0.2) is 14.4 Å². The van der Waals surface area contributed by atoms with Gasteiger partial charge in [-0.15, -0.1) is 0 Å². The fraction of sp³-hybridized carbons (Fsp3) is 0.478. The van der Waals surface area contributed by atoms with Crippen molar-refractivity contribution in [3.05, 3.63) is 53.4 Å². The summed E-state index contributed by atoms with van der Waals surface area (Å²) in [4.78, 5) is 21.6. The molecule has 0 N–H and O–H groups in total. The Morgan fingerprint density at radius 3 is 2.72 bits per heavy atom. The standard InChI is InChI=1S/C23H26FN3O2/c1-2-3-4-5-19-12-13-26-22(27-19)16-6-8-17(9-7-16)23(28)29-20-11-10-18(15-25)21(24)14-20/h10-14,16-17H,2-9H2,1H3. The average molecular weight is 395 g/mol. The second-order valence-corrected chi connectivity index (χ2v) is 7.59. The van der Waals surface area contributed by atoms with E-state index in [1.165, 1.54) is 25.0 Å². The highest BCUT2D eigenvalue weighted by Crippen LogP contribution is 2.35. The second-order valence-electron chi connectivity index (χ2n) is 7.59. The van der Waals surface area contributed by atoms with Crippen molar-refractivity contribution in [2.75, 3.05) is 0 Å². The number of carbonyl (C=O) groups is 1. The maximum Gasteiger partial charge on any atom is 0.314 e. The van der Waals surface area contributed by atoms with Gasteiger partial charge in [0.15, 0.2) is 0 Å². The van der Waals surface area contributed by atoms with Crippen LogP contribution in [0.3, 0.4) is 0 Å². The summed E-state index contributed by atoms with van der Waals surface area (Å²) in [6.07, 6.45) is 9.41. The number of nitrogens with zero attached hydrogens (tertiary/aromatic N) is 3. The number of hydrogen-bond acceptors (Lipinski definition) is 5. The molecular formula is C23H26FN3O2. The molecule has 1 aromatic carbocycles. The topological polar surface area (TPSA) is 75.9 Å². The summed E-state index contributed by atoms with van der Waals surface area (Å²) in [7, 11) is 0. The first kappa shape index (κ1) is 20.9. The van der Waals surface area contributed by atoms with Gasteiger partial charge < -0.3 is 4.74 Å². The van der Waals surface area contributed by atoms with E-state index in [4.69, 9.17) is 15.0 Å². The third-order valence-electron chi connectivity index (χ3n) is 5.47. The van der Waals surface area contributed by atoms with Crippen molar-refractivity contribution in [3.8, 4) is 11.8 Å². The van der Waals surface area contributed by atoms with Gasteiger partial charge in [0.2, 0.25) is 0 Å². The molecule has 1 fully saturated rings. The Kier molecular flexibility index (Phi) is 7.29. The van der Waals surface area contributed by atoms with Crippen LogP contribution in [0.25, 0.3) is 0 Å². The van der Waals surface area contributed by atoms with Gasteiger partial charge in [0, 0.05) is 23.9 Å². The summed E-state index contributed by atoms with van der Waals surface area (Å²) in [5.41, 5.74) is 1.02. The number of hydrogen-bond donors (Lipinski definition) is 0. The number of ether oxygens (including phenoxy) is 1. The van der Waals surface area contributed by atoms with Gasteiger partial charge in [-0.05, 0) is 56.7 Å². The predicted octanol–water partition coefficient (Wildman–Crippen LogP) is 5.10. The number of carbonyl (C=O) groups excluding carboxylic acids is 1. The van der Waals surface area contributed by atoms with Crippen LogP contribution in [-0.2, 0) is 11.2 Å². The van der Waals surface area contributed by atoms with E-state index < -0.39 is 5.82 Å². The molecule has 5 nitrogen and oxygen atoms in total. The molecule has 152 valence electrons. The first-order valence-corrected chi connectivity index (χ1v) is 10.3. The van der Waals surface area contributed by atoms with E-state index in [0.717, 1.165) is 43.3 Å². The Bertz CT molecular complexity index is 886. The number of rotatable bonds is 7. The molecule has 0 spiro atoms. The fourth-order valence-electron chi connectivity index (χ4n) is 3.74. The molecule has 1 aromatic heterocycles. The van der Waals surface area contributed by atoms with Gasteiger partial charge in [0.1, 0.15) is 23.5 Å². The minimum atomic E-state index is -0.683. The number of aromatic nitrogens is 2. The van der Waals surface area contributed by atoms with Crippen molar-refractivity contribution >= 4 is 5.97 Å². The van der Waals surface area contributed by atoms with Crippen LogP contribution in [0.2, 0.25) is 0 Å². The second kappa shape index (κ2) is 10.1. The van der Waals surface area contributed by atoms with Gasteiger partial charge in [-0.3, -0.25) is 4.79 Å². The van der Waals surface area contributed by atoms with E-state index in [0.29, 0.717) is 12.8 Å². The Hall–Kier alpha value is -2.81. The molecule has 1 aliphatic carbocycles. The third-order valence-corrected chi connectivity index (χ3v) is 5.47. The molecule has 6 heteroatoms. The Balaban J connectivity index is 1.53. The lowest BCUT2D eigenvalue weighted by atomic mass is 9.81. The lowest BCUT2D eigenvalue weighted by molar-refractivity contribution is -0.140. The minimum Gasteiger partial charge on any atom is -0.426 e. The van der Waals surface area contributed by atoms with Crippen LogP contribution < -0.4 is 4.74 Å². The highest BCUT2D eigenvalue weighted by molar-refractivity contribution is 5.75. The molecule has 1 saturated carbocycles. The Morgan fingerprint density at radius 2 is 2.03 bits per heavy atom. The van der Waals surface area contributed by atoms with E-state index in [2.05, 4.69) is 11.9 Å². The summed E-state index contributed by atoms with van der Waals surface area (Å²) >= 11 is 0. The van der Waals surface area contributed by atoms with Crippen LogP contribution in [0.5, 0.6) is 5.75 Å². The SMILES string of the molecule is CCCCCc1ccnc(C2CCC(C(=O)Oc3ccc(C#N)c(F)c3)CC2)n1. The molecule has 29 heavy (non-hydrogen) atoms. The van der Waals surface area contributed by atoms with Gasteiger partial charge >= 0.3 is 5.97 Å². The smallest absolute Gasteiger partial charge is 0.314 e. The molecule has 0 aliphatic heterocycles. The summed E-state index contributed by atoms with van der Waals surface area (Å²) in [6, 6.07) is 7.59. The molecule has 0 atom stereocenters. The number of benzene rings is 1. The highest BCUT2D eigenvalue weighted by atomic mass is 19.1. The summed E-state index contributed by atoms with van der Waals surface area (Å²) in [5.74, 6) is 0.0335. The van der Waals surface area contributed by atoms with E-state index >= 15 is 0 Å². The Labute approximate surface area is 170 Å². The van der Waals surface area contributed by atoms with E-state index in [1.54, 1.807) is 6.07 Å². The van der Waals surface area contributed by atoms with E-state index in [1.807, 2.05) is 12.3 Å². The molecule has 0 amide bonds. The number of unbranched alkanes of at least 4 members (excludes halogenated alkanes) is 2. The molecule has 3 rings (SSSR count). The lowest BCUT2D eigenvalue weighted by Crippen LogP contribution is -2.25. The van der Waals surface area contributed by atoms with Crippen molar-refractivity contribution in [1.29, 1.82) is 5.26 Å². The monoisotopic (exact) mass is 395 g/mol. The average Bonchev–Trinajstić information content (AvgIpc) is 2.74. The predicted molar refractivity (Wildman–Crippen MR) is 107 cm³/mol. The number of halogens is 1. The maximum atomic E-state index is 13.7.